The predicted molar refractivity (Wildman–Crippen MR) is 179 cm³/mol. The first-order valence-electron chi connectivity index (χ1n) is 14.7. The smallest absolute Gasteiger partial charge is 0.337 e. The van der Waals surface area contributed by atoms with Crippen LogP contribution in [-0.2, 0) is 17.6 Å². The molecule has 234 valence electrons. The summed E-state index contributed by atoms with van der Waals surface area (Å²) >= 11 is 7.04. The second-order valence-corrected chi connectivity index (χ2v) is 13.0. The van der Waals surface area contributed by atoms with Gasteiger partial charge in [-0.1, -0.05) is 18.2 Å². The van der Waals surface area contributed by atoms with Crippen LogP contribution in [0.5, 0.6) is 0 Å². The number of nitrogen functional groups attached to an aromatic ring is 1. The number of methoxy groups -OCH3 is 1. The first-order valence-corrected chi connectivity index (χ1v) is 16.3. The molecule has 13 heteroatoms. The minimum Gasteiger partial charge on any atom is -0.465 e. The molecule has 6 rings (SSSR count). The van der Waals surface area contributed by atoms with Crippen LogP contribution >= 0.6 is 31.9 Å². The van der Waals surface area contributed by atoms with E-state index >= 15 is 0 Å². The number of urea groups is 2. The lowest BCUT2D eigenvalue weighted by atomic mass is 10.0. The maximum absolute atomic E-state index is 13.7. The van der Waals surface area contributed by atoms with E-state index in [1.54, 1.807) is 23.1 Å². The first-order chi connectivity index (χ1) is 21.7. The summed E-state index contributed by atoms with van der Waals surface area (Å²) < 4.78 is 6.34. The van der Waals surface area contributed by atoms with E-state index in [1.165, 1.54) is 7.11 Å². The van der Waals surface area contributed by atoms with E-state index in [0.717, 1.165) is 37.7 Å². The number of rotatable bonds is 6. The molecule has 1 fully saturated rings. The molecule has 4 amide bonds. The van der Waals surface area contributed by atoms with E-state index in [0.29, 0.717) is 61.5 Å². The highest BCUT2D eigenvalue weighted by atomic mass is 79.9. The fourth-order valence-corrected chi connectivity index (χ4v) is 7.28. The quantitative estimate of drug-likeness (QED) is 0.141. The maximum atomic E-state index is 13.7. The Bertz CT molecular complexity index is 1750. The van der Waals surface area contributed by atoms with Crippen molar-refractivity contribution in [1.82, 2.24) is 25.1 Å². The van der Waals surface area contributed by atoms with Gasteiger partial charge in [0.05, 0.1) is 35.4 Å². The third kappa shape index (κ3) is 6.64. The molecule has 0 unspecified atom stereocenters. The van der Waals surface area contributed by atoms with E-state index in [1.807, 2.05) is 41.3 Å². The molecule has 3 aromatic carbocycles. The molecule has 1 atom stereocenters. The molecule has 2 aliphatic rings. The molecular weight excluding hydrogens is 706 g/mol. The normalized spacial score (nSPS) is 16.1. The van der Waals surface area contributed by atoms with Crippen molar-refractivity contribution in [2.45, 2.75) is 37.8 Å². The van der Waals surface area contributed by atoms with Gasteiger partial charge in [0.15, 0.2) is 0 Å². The number of nitrogens with one attached hydrogen (secondary N) is 3. The standard InChI is InChI=1S/C32H33Br2N7O4/c1-45-30(42)20-6-7-25-26(17-20)37-29(36-25)27(16-18-14-22(33)28(35)23(34)15-18)39-31(43)40-11-9-21(10-12-40)41-13-8-19-4-2-3-5-24(19)38-32(41)44/h2-7,14-15,17,21,27H,8-13,16,35H2,1H3,(H,36,37)(H,38,44)(H,39,43)/t27-/m1/s1. The summed E-state index contributed by atoms with van der Waals surface area (Å²) in [6, 6.07) is 16.1. The Kier molecular flexibility index (Phi) is 8.99. The topological polar surface area (TPSA) is 146 Å². The monoisotopic (exact) mass is 737 g/mol. The number of benzene rings is 3. The molecule has 45 heavy (non-hydrogen) atoms. The SMILES string of the molecule is COC(=O)c1ccc2[nH]c([C@@H](Cc3cc(Br)c(N)c(Br)c3)NC(=O)N3CCC(N4CCc5ccccc5NC4=O)CC3)nc2c1. The Hall–Kier alpha value is -4.10. The lowest BCUT2D eigenvalue weighted by Crippen LogP contribution is -2.52. The third-order valence-electron chi connectivity index (χ3n) is 8.46. The Morgan fingerprint density at radius 3 is 2.56 bits per heavy atom. The van der Waals surface area contributed by atoms with Gasteiger partial charge in [0.2, 0.25) is 0 Å². The number of aromatic amines is 1. The highest BCUT2D eigenvalue weighted by Crippen LogP contribution is 2.32. The molecule has 2 aliphatic heterocycles. The number of hydrogen-bond acceptors (Lipinski definition) is 6. The van der Waals surface area contributed by atoms with Gasteiger partial charge in [-0.2, -0.15) is 0 Å². The van der Waals surface area contributed by atoms with Gasteiger partial charge in [0, 0.05) is 46.7 Å². The molecule has 0 radical (unpaired) electrons. The van der Waals surface area contributed by atoms with Crippen molar-refractivity contribution in [3.63, 3.8) is 0 Å². The molecule has 4 aromatic rings. The van der Waals surface area contributed by atoms with Crippen LogP contribution in [0.2, 0.25) is 0 Å². The second-order valence-electron chi connectivity index (χ2n) is 11.3. The molecule has 0 saturated carbocycles. The summed E-state index contributed by atoms with van der Waals surface area (Å²) in [6.45, 7) is 1.67. The zero-order valence-electron chi connectivity index (χ0n) is 24.6. The number of carbonyl (C=O) groups excluding carboxylic acids is 3. The Balaban J connectivity index is 1.18. The van der Waals surface area contributed by atoms with E-state index in [9.17, 15) is 14.4 Å². The van der Waals surface area contributed by atoms with Crippen LogP contribution in [0, 0.1) is 0 Å². The number of carbonyl (C=O) groups is 3. The van der Waals surface area contributed by atoms with Crippen molar-refractivity contribution in [2.75, 3.05) is 37.8 Å². The van der Waals surface area contributed by atoms with Gasteiger partial charge >= 0.3 is 18.0 Å². The molecule has 11 nitrogen and oxygen atoms in total. The number of aromatic nitrogens is 2. The predicted octanol–water partition coefficient (Wildman–Crippen LogP) is 6.00. The fraction of sp³-hybridized carbons (Fsp3) is 0.312. The molecule has 0 aliphatic carbocycles. The number of imidazole rings is 1. The van der Waals surface area contributed by atoms with Gasteiger partial charge in [-0.3, -0.25) is 0 Å². The van der Waals surface area contributed by atoms with Crippen LogP contribution < -0.4 is 16.4 Å². The second kappa shape index (κ2) is 13.1. The third-order valence-corrected chi connectivity index (χ3v) is 9.78. The number of H-pyrrole nitrogens is 1. The summed E-state index contributed by atoms with van der Waals surface area (Å²) in [5.74, 6) is 0.105. The van der Waals surface area contributed by atoms with Crippen LogP contribution in [-0.4, -0.2) is 70.6 Å². The fourth-order valence-electron chi connectivity index (χ4n) is 6.00. The Labute approximate surface area is 277 Å². The number of ether oxygens (including phenoxy) is 1. The lowest BCUT2D eigenvalue weighted by molar-refractivity contribution is 0.0600. The van der Waals surface area contributed by atoms with Gasteiger partial charge < -0.3 is 35.9 Å². The minimum absolute atomic E-state index is 0.0445. The Morgan fingerprint density at radius 1 is 1.09 bits per heavy atom. The van der Waals surface area contributed by atoms with Crippen LogP contribution in [0.4, 0.5) is 21.0 Å². The van der Waals surface area contributed by atoms with E-state index in [4.69, 9.17) is 15.5 Å². The zero-order chi connectivity index (χ0) is 31.7. The van der Waals surface area contributed by atoms with Gasteiger partial charge in [-0.05, 0) is 98.6 Å². The maximum Gasteiger partial charge on any atom is 0.337 e. The number of likely N-dealkylation sites (tertiary alicyclic amines) is 1. The van der Waals surface area contributed by atoms with Crippen molar-refractivity contribution in [3.05, 3.63) is 86.1 Å². The first kappa shape index (κ1) is 30.9. The number of hydrogen-bond donors (Lipinski definition) is 4. The number of nitrogens with two attached hydrogens (primary N) is 1. The number of amides is 4. The molecule has 0 bridgehead atoms. The summed E-state index contributed by atoms with van der Waals surface area (Å²) in [5, 5.41) is 6.24. The van der Waals surface area contributed by atoms with Gasteiger partial charge in [-0.25, -0.2) is 19.4 Å². The number of piperidine rings is 1. The van der Waals surface area contributed by atoms with Crippen molar-refractivity contribution in [3.8, 4) is 0 Å². The van der Waals surface area contributed by atoms with Gasteiger partial charge in [0.1, 0.15) is 5.82 Å². The van der Waals surface area contributed by atoms with E-state index in [-0.39, 0.29) is 18.1 Å². The number of para-hydroxylation sites is 1. The van der Waals surface area contributed by atoms with E-state index < -0.39 is 12.0 Å². The highest BCUT2D eigenvalue weighted by molar-refractivity contribution is 9.11. The van der Waals surface area contributed by atoms with Crippen molar-refractivity contribution in [2.24, 2.45) is 0 Å². The largest absolute Gasteiger partial charge is 0.465 e. The lowest BCUT2D eigenvalue weighted by Gasteiger charge is -2.38. The zero-order valence-corrected chi connectivity index (χ0v) is 27.8. The highest BCUT2D eigenvalue weighted by Gasteiger charge is 2.32. The Morgan fingerprint density at radius 2 is 1.82 bits per heavy atom. The molecule has 3 heterocycles. The molecule has 0 spiro atoms. The average Bonchev–Trinajstić information content (AvgIpc) is 3.39. The molecule has 1 saturated heterocycles. The van der Waals surface area contributed by atoms with E-state index in [2.05, 4.69) is 47.5 Å². The van der Waals surface area contributed by atoms with Crippen LogP contribution in [0.1, 0.15) is 46.2 Å². The summed E-state index contributed by atoms with van der Waals surface area (Å²) in [6.07, 6.45) is 2.58. The van der Waals surface area contributed by atoms with Crippen molar-refractivity contribution >= 4 is 72.3 Å². The van der Waals surface area contributed by atoms with Crippen molar-refractivity contribution in [1.29, 1.82) is 0 Å². The van der Waals surface area contributed by atoms with Gasteiger partial charge in [0.25, 0.3) is 0 Å². The van der Waals surface area contributed by atoms with Crippen molar-refractivity contribution < 1.29 is 19.1 Å². The molecule has 1 aromatic heterocycles. The van der Waals surface area contributed by atoms with Gasteiger partial charge in [-0.15, -0.1) is 0 Å². The number of halogens is 2. The number of anilines is 2. The van der Waals surface area contributed by atoms with Crippen LogP contribution in [0.25, 0.3) is 11.0 Å². The number of nitrogens with zero attached hydrogens (tertiary/aromatic N) is 3. The number of esters is 1. The van der Waals surface area contributed by atoms with Crippen LogP contribution in [0.15, 0.2) is 63.5 Å². The number of fused-ring (bicyclic) bond motifs is 2. The average molecular weight is 739 g/mol. The summed E-state index contributed by atoms with van der Waals surface area (Å²) in [7, 11) is 1.33. The molecular formula is C32H33Br2N7O4. The molecule has 5 N–H and O–H groups in total. The summed E-state index contributed by atoms with van der Waals surface area (Å²) in [4.78, 5) is 50.6. The summed E-state index contributed by atoms with van der Waals surface area (Å²) in [5.41, 5.74) is 11.3. The minimum atomic E-state index is -0.512. The van der Waals surface area contributed by atoms with Crippen LogP contribution in [0.3, 0.4) is 0 Å².